The lowest BCUT2D eigenvalue weighted by Gasteiger charge is -2.33. The van der Waals surface area contributed by atoms with Crippen LogP contribution in [0.2, 0.25) is 0 Å². The van der Waals surface area contributed by atoms with E-state index in [1.54, 1.807) is 4.90 Å². The fourth-order valence-corrected chi connectivity index (χ4v) is 4.73. The fraction of sp³-hybridized carbons (Fsp3) is 0.440. The smallest absolute Gasteiger partial charge is 0.317 e. The summed E-state index contributed by atoms with van der Waals surface area (Å²) in [6.45, 7) is 1.54. The number of rotatable bonds is 6. The summed E-state index contributed by atoms with van der Waals surface area (Å²) in [5.74, 6) is 0.398. The normalized spacial score (nSPS) is 18.4. The molecule has 9 heteroatoms. The molecule has 1 fully saturated rings. The zero-order valence-electron chi connectivity index (χ0n) is 19.1. The van der Waals surface area contributed by atoms with Gasteiger partial charge in [0.15, 0.2) is 5.82 Å². The monoisotopic (exact) mass is 462 g/mol. The molecule has 0 saturated carbocycles. The molecule has 4 N–H and O–H groups in total. The molecule has 1 aromatic heterocycles. The summed E-state index contributed by atoms with van der Waals surface area (Å²) in [5.41, 5.74) is 3.35. The minimum absolute atomic E-state index is 0.0658. The lowest BCUT2D eigenvalue weighted by Crippen LogP contribution is -2.44. The summed E-state index contributed by atoms with van der Waals surface area (Å²) in [7, 11) is 0. The van der Waals surface area contributed by atoms with E-state index in [0.29, 0.717) is 24.9 Å². The molecule has 1 saturated heterocycles. The number of nitriles is 1. The van der Waals surface area contributed by atoms with Gasteiger partial charge in [-0.1, -0.05) is 24.3 Å². The predicted molar refractivity (Wildman–Crippen MR) is 127 cm³/mol. The highest BCUT2D eigenvalue weighted by Gasteiger charge is 2.26. The Balaban J connectivity index is 1.50. The second-order valence-electron chi connectivity index (χ2n) is 8.76. The number of aliphatic hydroxyl groups excluding tert-OH is 1. The van der Waals surface area contributed by atoms with Crippen LogP contribution in [0, 0.1) is 11.3 Å². The highest BCUT2D eigenvalue weighted by atomic mass is 16.3. The first-order chi connectivity index (χ1) is 16.6. The van der Waals surface area contributed by atoms with Crippen molar-refractivity contribution in [3.05, 3.63) is 59.2 Å². The minimum atomic E-state index is -0.371. The average molecular weight is 463 g/mol. The molecule has 3 amide bonds. The second kappa shape index (κ2) is 11.0. The van der Waals surface area contributed by atoms with Crippen molar-refractivity contribution in [1.82, 2.24) is 20.2 Å². The summed E-state index contributed by atoms with van der Waals surface area (Å²) in [5, 5.41) is 23.6. The van der Waals surface area contributed by atoms with E-state index >= 15 is 0 Å². The number of allylic oxidation sites excluding steroid dienone is 2. The Morgan fingerprint density at radius 3 is 2.71 bits per heavy atom. The third kappa shape index (κ3) is 5.46. The topological polar surface area (TPSA) is 134 Å². The van der Waals surface area contributed by atoms with Crippen molar-refractivity contribution >= 4 is 17.6 Å². The molecular weight excluding hydrogens is 432 g/mol. The minimum Gasteiger partial charge on any atom is -0.395 e. The number of benzene rings is 1. The number of hydrogen-bond acceptors (Lipinski definition) is 5. The number of likely N-dealkylation sites (tertiary alicyclic amines) is 1. The fourth-order valence-electron chi connectivity index (χ4n) is 4.73. The van der Waals surface area contributed by atoms with Gasteiger partial charge in [0.25, 0.3) is 5.91 Å². The van der Waals surface area contributed by atoms with Crippen molar-refractivity contribution in [2.24, 2.45) is 0 Å². The quantitative estimate of drug-likeness (QED) is 0.489. The second-order valence-corrected chi connectivity index (χ2v) is 8.76. The van der Waals surface area contributed by atoms with E-state index in [4.69, 9.17) is 10.4 Å². The van der Waals surface area contributed by atoms with Crippen LogP contribution in [0.15, 0.2) is 36.5 Å². The van der Waals surface area contributed by atoms with Gasteiger partial charge in [-0.3, -0.25) is 4.79 Å². The number of piperidine rings is 1. The molecule has 1 atom stereocenters. The van der Waals surface area contributed by atoms with Crippen molar-refractivity contribution in [2.75, 3.05) is 31.6 Å². The summed E-state index contributed by atoms with van der Waals surface area (Å²) in [4.78, 5) is 33.5. The van der Waals surface area contributed by atoms with Gasteiger partial charge >= 0.3 is 6.03 Å². The highest BCUT2D eigenvalue weighted by molar-refractivity contribution is 6.02. The lowest BCUT2D eigenvalue weighted by molar-refractivity contribution is 0.101. The number of imidazole rings is 1. The molecule has 0 radical (unpaired) electrons. The van der Waals surface area contributed by atoms with Crippen LogP contribution in [0.1, 0.15) is 71.4 Å². The molecule has 1 aliphatic heterocycles. The maximum Gasteiger partial charge on any atom is 0.317 e. The first kappa shape index (κ1) is 23.5. The maximum absolute atomic E-state index is 12.8. The largest absolute Gasteiger partial charge is 0.395 e. The average Bonchev–Trinajstić information content (AvgIpc) is 3.38. The highest BCUT2D eigenvalue weighted by Crippen LogP contribution is 2.38. The molecule has 4 rings (SSSR count). The molecule has 0 spiro atoms. The molecule has 9 nitrogen and oxygen atoms in total. The summed E-state index contributed by atoms with van der Waals surface area (Å²) in [6.07, 6.45) is 10.4. The van der Waals surface area contributed by atoms with Crippen molar-refractivity contribution in [3.63, 3.8) is 0 Å². The molecule has 1 aromatic carbocycles. The van der Waals surface area contributed by atoms with E-state index in [1.165, 1.54) is 11.8 Å². The Hall–Kier alpha value is -3.64. The van der Waals surface area contributed by atoms with Gasteiger partial charge in [0.05, 0.1) is 12.8 Å². The Labute approximate surface area is 198 Å². The Bertz CT molecular complexity index is 1090. The first-order valence-electron chi connectivity index (χ1n) is 11.8. The zero-order valence-corrected chi connectivity index (χ0v) is 19.1. The Morgan fingerprint density at radius 1 is 1.21 bits per heavy atom. The van der Waals surface area contributed by atoms with Gasteiger partial charge in [-0.05, 0) is 61.1 Å². The standard InChI is InChI=1S/C25H30N6O3/c26-15-20-16-28-23(29-20)24(33)30-22-7-6-19(14-21(22)18-4-2-1-3-5-18)17-8-11-31(12-9-17)25(34)27-10-13-32/h1-2,6-7,14,16-18,32H,3-5,8-13H2,(H,27,34)(H,28,29)(H,30,33). The summed E-state index contributed by atoms with van der Waals surface area (Å²) >= 11 is 0. The molecule has 2 aliphatic rings. The predicted octanol–water partition coefficient (Wildman–Crippen LogP) is 3.24. The number of aromatic amines is 1. The van der Waals surface area contributed by atoms with Gasteiger partial charge in [0.1, 0.15) is 11.8 Å². The van der Waals surface area contributed by atoms with E-state index < -0.39 is 0 Å². The Morgan fingerprint density at radius 2 is 2.03 bits per heavy atom. The first-order valence-corrected chi connectivity index (χ1v) is 11.8. The van der Waals surface area contributed by atoms with Crippen LogP contribution >= 0.6 is 0 Å². The van der Waals surface area contributed by atoms with E-state index in [1.807, 2.05) is 12.1 Å². The SMILES string of the molecule is N#Cc1cnc(C(=O)Nc2ccc(C3CCN(C(=O)NCCO)CC3)cc2C2CC=CCC2)[nH]1. The van der Waals surface area contributed by atoms with E-state index in [2.05, 4.69) is 44.9 Å². The van der Waals surface area contributed by atoms with Gasteiger partial charge < -0.3 is 25.6 Å². The number of nitrogens with one attached hydrogen (secondary N) is 3. The Kier molecular flexibility index (Phi) is 7.60. The van der Waals surface area contributed by atoms with Crippen LogP contribution in [-0.4, -0.2) is 58.2 Å². The van der Waals surface area contributed by atoms with Crippen LogP contribution in [0.5, 0.6) is 0 Å². The number of anilines is 1. The van der Waals surface area contributed by atoms with Crippen molar-refractivity contribution in [2.45, 2.75) is 43.9 Å². The van der Waals surface area contributed by atoms with Gasteiger partial charge in [0, 0.05) is 25.3 Å². The number of carbonyl (C=O) groups is 2. The molecule has 2 heterocycles. The number of aromatic nitrogens is 2. The van der Waals surface area contributed by atoms with Gasteiger partial charge in [0.2, 0.25) is 0 Å². The maximum atomic E-state index is 12.8. The van der Waals surface area contributed by atoms with Crippen LogP contribution in [-0.2, 0) is 0 Å². The van der Waals surface area contributed by atoms with Crippen LogP contribution in [0.4, 0.5) is 10.5 Å². The third-order valence-corrected chi connectivity index (χ3v) is 6.59. The van der Waals surface area contributed by atoms with Crippen molar-refractivity contribution < 1.29 is 14.7 Å². The number of nitrogens with zero attached hydrogens (tertiary/aromatic N) is 3. The van der Waals surface area contributed by atoms with Crippen LogP contribution in [0.3, 0.4) is 0 Å². The summed E-state index contributed by atoms with van der Waals surface area (Å²) < 4.78 is 0. The zero-order chi connectivity index (χ0) is 23.9. The number of carbonyl (C=O) groups excluding carboxylic acids is 2. The van der Waals surface area contributed by atoms with Gasteiger partial charge in [-0.2, -0.15) is 5.26 Å². The lowest BCUT2D eigenvalue weighted by atomic mass is 9.82. The van der Waals surface area contributed by atoms with Crippen LogP contribution < -0.4 is 10.6 Å². The van der Waals surface area contributed by atoms with Crippen molar-refractivity contribution in [3.8, 4) is 6.07 Å². The number of urea groups is 1. The molecule has 1 unspecified atom stereocenters. The molecule has 2 aromatic rings. The third-order valence-electron chi connectivity index (χ3n) is 6.59. The van der Waals surface area contributed by atoms with Crippen molar-refractivity contribution in [1.29, 1.82) is 5.26 Å². The van der Waals surface area contributed by atoms with Crippen LogP contribution in [0.25, 0.3) is 0 Å². The van der Waals surface area contributed by atoms with Gasteiger partial charge in [-0.25, -0.2) is 9.78 Å². The summed E-state index contributed by atoms with van der Waals surface area (Å²) in [6, 6.07) is 8.07. The molecular formula is C25H30N6O3. The molecule has 178 valence electrons. The van der Waals surface area contributed by atoms with E-state index in [0.717, 1.165) is 43.4 Å². The number of aliphatic hydroxyl groups is 1. The number of H-pyrrole nitrogens is 1. The number of amides is 3. The molecule has 34 heavy (non-hydrogen) atoms. The number of hydrogen-bond donors (Lipinski definition) is 4. The molecule has 1 aliphatic carbocycles. The molecule has 0 bridgehead atoms. The van der Waals surface area contributed by atoms with E-state index in [9.17, 15) is 9.59 Å². The van der Waals surface area contributed by atoms with Gasteiger partial charge in [-0.15, -0.1) is 0 Å². The van der Waals surface area contributed by atoms with E-state index in [-0.39, 0.29) is 36.6 Å².